The molecule has 26 heavy (non-hydrogen) atoms. The van der Waals surface area contributed by atoms with Crippen LogP contribution in [0.2, 0.25) is 0 Å². The van der Waals surface area contributed by atoms with Crippen molar-refractivity contribution in [1.29, 1.82) is 0 Å². The molecular formula is C17H32N6O3. The maximum atomic E-state index is 5.96. The van der Waals surface area contributed by atoms with E-state index in [-0.39, 0.29) is 0 Å². The largest absolute Gasteiger partial charge is 0.490 e. The molecule has 0 heterocycles. The quantitative estimate of drug-likeness (QED) is 0.170. The fraction of sp³-hybridized carbons (Fsp3) is 0.647. The SMILES string of the molecule is Cc1c(CN)c(C)c(CN)c(OCCOCCOCCN=NN)c1CN. The summed E-state index contributed by atoms with van der Waals surface area (Å²) in [5.74, 6) is 5.65. The van der Waals surface area contributed by atoms with Crippen molar-refractivity contribution < 1.29 is 14.2 Å². The molecule has 0 spiro atoms. The summed E-state index contributed by atoms with van der Waals surface area (Å²) in [6, 6.07) is 0. The van der Waals surface area contributed by atoms with Crippen molar-refractivity contribution in [3.63, 3.8) is 0 Å². The first-order chi connectivity index (χ1) is 12.6. The Bertz CT molecular complexity index is 549. The lowest BCUT2D eigenvalue weighted by Gasteiger charge is -2.22. The maximum absolute atomic E-state index is 5.96. The molecule has 1 aromatic carbocycles. The summed E-state index contributed by atoms with van der Waals surface area (Å²) in [7, 11) is 0. The van der Waals surface area contributed by atoms with Crippen LogP contribution in [0.25, 0.3) is 0 Å². The Kier molecular flexibility index (Phi) is 10.7. The highest BCUT2D eigenvalue weighted by Crippen LogP contribution is 2.33. The van der Waals surface area contributed by atoms with Crippen LogP contribution < -0.4 is 27.8 Å². The highest BCUT2D eigenvalue weighted by molar-refractivity contribution is 5.55. The fourth-order valence-corrected chi connectivity index (χ4v) is 2.83. The van der Waals surface area contributed by atoms with Crippen LogP contribution in [0.5, 0.6) is 5.75 Å². The normalized spacial score (nSPS) is 11.4. The molecule has 0 aromatic heterocycles. The highest BCUT2D eigenvalue weighted by atomic mass is 16.5. The van der Waals surface area contributed by atoms with Crippen molar-refractivity contribution in [1.82, 2.24) is 0 Å². The van der Waals surface area contributed by atoms with Gasteiger partial charge in [-0.1, -0.05) is 5.22 Å². The third-order valence-electron chi connectivity index (χ3n) is 4.23. The molecule has 0 saturated heterocycles. The molecule has 148 valence electrons. The molecule has 0 amide bonds. The highest BCUT2D eigenvalue weighted by Gasteiger charge is 2.18. The third-order valence-corrected chi connectivity index (χ3v) is 4.23. The summed E-state index contributed by atoms with van der Waals surface area (Å²) >= 11 is 0. The summed E-state index contributed by atoms with van der Waals surface area (Å²) in [6.07, 6.45) is 0. The molecule has 9 nitrogen and oxygen atoms in total. The number of nitrogens with zero attached hydrogens (tertiary/aromatic N) is 2. The van der Waals surface area contributed by atoms with E-state index in [0.717, 1.165) is 33.6 Å². The van der Waals surface area contributed by atoms with Crippen molar-refractivity contribution in [2.24, 2.45) is 33.4 Å². The molecule has 0 aliphatic heterocycles. The predicted octanol–water partition coefficient (Wildman–Crippen LogP) is 0.417. The lowest BCUT2D eigenvalue weighted by Crippen LogP contribution is -2.18. The summed E-state index contributed by atoms with van der Waals surface area (Å²) in [6.45, 7) is 7.93. The molecule has 0 bridgehead atoms. The standard InChI is InChI=1S/C17H32N6O3/c1-12-14(9-18)13(2)16(11-20)17(15(12)10-19)26-8-7-25-6-5-24-4-3-22-23-21/h3-11,18-20H2,1-2H3,(H2,21,22). The van der Waals surface area contributed by atoms with E-state index < -0.39 is 0 Å². The van der Waals surface area contributed by atoms with Crippen LogP contribution in [-0.4, -0.2) is 39.6 Å². The molecule has 0 unspecified atom stereocenters. The third kappa shape index (κ3) is 6.19. The van der Waals surface area contributed by atoms with Crippen molar-refractivity contribution in [2.75, 3.05) is 39.6 Å². The van der Waals surface area contributed by atoms with E-state index >= 15 is 0 Å². The summed E-state index contributed by atoms with van der Waals surface area (Å²) < 4.78 is 16.8. The van der Waals surface area contributed by atoms with Gasteiger partial charge in [0.2, 0.25) is 0 Å². The van der Waals surface area contributed by atoms with Gasteiger partial charge in [0.1, 0.15) is 12.4 Å². The Hall–Kier alpha value is -1.78. The van der Waals surface area contributed by atoms with Gasteiger partial charge in [0.15, 0.2) is 0 Å². The van der Waals surface area contributed by atoms with E-state index in [1.54, 1.807) is 0 Å². The predicted molar refractivity (Wildman–Crippen MR) is 101 cm³/mol. The molecule has 0 fully saturated rings. The van der Waals surface area contributed by atoms with Gasteiger partial charge in [-0.05, 0) is 30.5 Å². The first-order valence-corrected chi connectivity index (χ1v) is 8.71. The van der Waals surface area contributed by atoms with Crippen LogP contribution in [0, 0.1) is 13.8 Å². The van der Waals surface area contributed by atoms with E-state index in [0.29, 0.717) is 59.2 Å². The maximum Gasteiger partial charge on any atom is 0.128 e. The second-order valence-electron chi connectivity index (χ2n) is 5.68. The molecule has 0 aliphatic rings. The fourth-order valence-electron chi connectivity index (χ4n) is 2.83. The van der Waals surface area contributed by atoms with E-state index in [4.69, 9.17) is 37.3 Å². The van der Waals surface area contributed by atoms with E-state index in [1.165, 1.54) is 0 Å². The molecule has 0 saturated carbocycles. The van der Waals surface area contributed by atoms with Crippen LogP contribution in [0.1, 0.15) is 27.8 Å². The van der Waals surface area contributed by atoms with E-state index in [1.807, 2.05) is 13.8 Å². The summed E-state index contributed by atoms with van der Waals surface area (Å²) in [5, 5.41) is 6.75. The van der Waals surface area contributed by atoms with E-state index in [2.05, 4.69) is 10.3 Å². The van der Waals surface area contributed by atoms with Crippen molar-refractivity contribution in [2.45, 2.75) is 33.5 Å². The number of hydrogen-bond acceptors (Lipinski definition) is 8. The number of hydrogen-bond donors (Lipinski definition) is 4. The Morgan fingerprint density at radius 3 is 1.73 bits per heavy atom. The molecule has 1 aromatic rings. The zero-order valence-corrected chi connectivity index (χ0v) is 15.8. The van der Waals surface area contributed by atoms with Crippen molar-refractivity contribution in [3.05, 3.63) is 27.8 Å². The molecule has 0 aliphatic carbocycles. The Morgan fingerprint density at radius 1 is 0.731 bits per heavy atom. The second kappa shape index (κ2) is 12.6. The van der Waals surface area contributed by atoms with Crippen LogP contribution in [0.15, 0.2) is 10.3 Å². The Balaban J connectivity index is 2.54. The van der Waals surface area contributed by atoms with Gasteiger partial charge in [-0.15, -0.1) is 0 Å². The van der Waals surface area contributed by atoms with E-state index in [9.17, 15) is 0 Å². The van der Waals surface area contributed by atoms with Gasteiger partial charge in [0.25, 0.3) is 0 Å². The Morgan fingerprint density at radius 2 is 1.23 bits per heavy atom. The number of nitrogens with two attached hydrogens (primary N) is 4. The topological polar surface area (TPSA) is 156 Å². The lowest BCUT2D eigenvalue weighted by molar-refractivity contribution is 0.0384. The van der Waals surface area contributed by atoms with Gasteiger partial charge in [-0.25, -0.2) is 0 Å². The zero-order chi connectivity index (χ0) is 19.4. The minimum absolute atomic E-state index is 0.371. The van der Waals surface area contributed by atoms with Crippen LogP contribution in [0.3, 0.4) is 0 Å². The molecule has 1 rings (SSSR count). The monoisotopic (exact) mass is 368 g/mol. The van der Waals surface area contributed by atoms with Gasteiger partial charge < -0.3 is 37.3 Å². The van der Waals surface area contributed by atoms with Crippen LogP contribution in [0.4, 0.5) is 0 Å². The first kappa shape index (κ1) is 22.3. The minimum atomic E-state index is 0.371. The van der Waals surface area contributed by atoms with Gasteiger partial charge in [0.05, 0.1) is 33.0 Å². The van der Waals surface area contributed by atoms with Gasteiger partial charge in [-0.3, -0.25) is 0 Å². The van der Waals surface area contributed by atoms with Crippen LogP contribution >= 0.6 is 0 Å². The minimum Gasteiger partial charge on any atom is -0.490 e. The molecule has 9 heteroatoms. The van der Waals surface area contributed by atoms with Crippen LogP contribution in [-0.2, 0) is 29.1 Å². The summed E-state index contributed by atoms with van der Waals surface area (Å²) in [5.41, 5.74) is 22.9. The number of benzene rings is 1. The van der Waals surface area contributed by atoms with Gasteiger partial charge in [-0.2, -0.15) is 5.11 Å². The van der Waals surface area contributed by atoms with Gasteiger partial charge >= 0.3 is 0 Å². The molecule has 0 atom stereocenters. The average molecular weight is 368 g/mol. The van der Waals surface area contributed by atoms with Crippen molar-refractivity contribution in [3.8, 4) is 5.75 Å². The molecule has 8 N–H and O–H groups in total. The zero-order valence-electron chi connectivity index (χ0n) is 15.8. The molecule has 0 radical (unpaired) electrons. The Labute approximate surface area is 155 Å². The summed E-state index contributed by atoms with van der Waals surface area (Å²) in [4.78, 5) is 0. The number of ether oxygens (including phenoxy) is 3. The second-order valence-corrected chi connectivity index (χ2v) is 5.68. The smallest absolute Gasteiger partial charge is 0.128 e. The number of rotatable bonds is 13. The average Bonchev–Trinajstić information content (AvgIpc) is 2.64. The van der Waals surface area contributed by atoms with Gasteiger partial charge in [0, 0.05) is 30.8 Å². The first-order valence-electron chi connectivity index (χ1n) is 8.71. The lowest BCUT2D eigenvalue weighted by atomic mass is 9.91. The molecular weight excluding hydrogens is 336 g/mol. The van der Waals surface area contributed by atoms with Crippen molar-refractivity contribution >= 4 is 0 Å².